The average Bonchev–Trinajstić information content (AvgIpc) is 3.85. The highest BCUT2D eigenvalue weighted by molar-refractivity contribution is 4.90. The molecule has 0 aromatic heterocycles. The van der Waals surface area contributed by atoms with Crippen LogP contribution in [0.5, 0.6) is 0 Å². The summed E-state index contributed by atoms with van der Waals surface area (Å²) < 4.78 is 0. The Morgan fingerprint density at radius 2 is 0.632 bits per heavy atom. The van der Waals surface area contributed by atoms with Crippen LogP contribution in [0.3, 0.4) is 0 Å². The summed E-state index contributed by atoms with van der Waals surface area (Å²) in [5.74, 6) is 11.0. The Morgan fingerprint density at radius 1 is 0.294 bits per heavy atom. The number of hydrogen-bond acceptors (Lipinski definition) is 0. The van der Waals surface area contributed by atoms with Gasteiger partial charge < -0.3 is 0 Å². The van der Waals surface area contributed by atoms with Crippen molar-refractivity contribution >= 4 is 0 Å². The van der Waals surface area contributed by atoms with Gasteiger partial charge in [0.15, 0.2) is 0 Å². The standard InChI is InChI=1S/C11H22.3C9H18.2C8H16.2C7H14/c1-9-10(2,3)7-6-8-11(9,4)5;1-8-4-6-9(2,3)7-5-8;1-8-6-4-5-7-9(8,2)3;1-7-5-4-6-8(2)9(7)3;1-7-5-3-4-6-8(7)2;1-2-8-6-4-3-5-7-8;1-7-5-3-2-4-6-7;1-2-7-5-3-4-6-7/h9H,6-8H2,1-5H3;2*8H,4-7H2,1-3H3;7-9H,4-6H2,1-3H3;7-8H,3-6H2,1-2H3;8H,2-7H2,1H3;2*7H,2-6H2,1H3/t;;8-;;7-,8?;;;/m..1.1.../s1. The summed E-state index contributed by atoms with van der Waals surface area (Å²) in [7, 11) is 0. The first kappa shape index (κ1) is 66.0. The topological polar surface area (TPSA) is 0 Å². The van der Waals surface area contributed by atoms with Gasteiger partial charge in [0, 0.05) is 0 Å². The molecule has 0 radical (unpaired) electrons. The summed E-state index contributed by atoms with van der Waals surface area (Å²) in [5.41, 5.74) is 2.44. The van der Waals surface area contributed by atoms with E-state index < -0.39 is 0 Å². The second-order valence-corrected chi connectivity index (χ2v) is 29.2. The molecule has 68 heavy (non-hydrogen) atoms. The van der Waals surface area contributed by atoms with E-state index in [4.69, 9.17) is 0 Å². The van der Waals surface area contributed by atoms with Crippen LogP contribution in [-0.2, 0) is 0 Å². The molecule has 8 aliphatic rings. The SMILES string of the molecule is CC1C(C)(C)CCCC1(C)C.CC1CCC(C)(C)CC1.CC1CCCC(C)C1C.CC1CCCCC1.CC1CCCC[C@H]1C.CCC1CCCC1.CCC1CCCCC1.C[C@@H]1CCCCC1(C)C. The third-order valence-electron chi connectivity index (χ3n) is 21.6. The van der Waals surface area contributed by atoms with Crippen molar-refractivity contribution in [3.63, 3.8) is 0 Å². The largest absolute Gasteiger partial charge is 0.0651 e. The van der Waals surface area contributed by atoms with Crippen molar-refractivity contribution in [1.82, 2.24) is 0 Å². The predicted octanol–water partition coefficient (Wildman–Crippen LogP) is 24.4. The molecule has 8 aliphatic carbocycles. The lowest BCUT2D eigenvalue weighted by Crippen LogP contribution is -2.38. The molecule has 0 spiro atoms. The Bertz CT molecular complexity index is 1100. The lowest BCUT2D eigenvalue weighted by atomic mass is 9.58. The Balaban J connectivity index is 0.000000390. The Hall–Kier alpha value is 0. The van der Waals surface area contributed by atoms with Crippen LogP contribution in [0.1, 0.15) is 350 Å². The maximum absolute atomic E-state index is 2.42. The summed E-state index contributed by atoms with van der Waals surface area (Å²) >= 11 is 0. The molecule has 8 fully saturated rings. The van der Waals surface area contributed by atoms with Gasteiger partial charge in [0.05, 0.1) is 0 Å². The van der Waals surface area contributed by atoms with Crippen LogP contribution in [0, 0.1) is 86.8 Å². The van der Waals surface area contributed by atoms with Crippen LogP contribution in [0.4, 0.5) is 0 Å². The molecular formula is C68H136. The molecule has 8 rings (SSSR count). The quantitative estimate of drug-likeness (QED) is 0.259. The summed E-state index contributed by atoms with van der Waals surface area (Å²) in [4.78, 5) is 0. The molecule has 0 amide bonds. The van der Waals surface area contributed by atoms with Gasteiger partial charge in [0.1, 0.15) is 0 Å². The minimum Gasteiger partial charge on any atom is -0.0651 e. The molecule has 0 heterocycles. The molecule has 0 heteroatoms. The van der Waals surface area contributed by atoms with Crippen molar-refractivity contribution in [2.24, 2.45) is 86.8 Å². The average molecular weight is 954 g/mol. The lowest BCUT2D eigenvalue weighted by molar-refractivity contribution is 0.0286. The molecule has 0 bridgehead atoms. The van der Waals surface area contributed by atoms with Crippen molar-refractivity contribution in [3.8, 4) is 0 Å². The Labute approximate surface area is 434 Å². The summed E-state index contributed by atoms with van der Waals surface area (Å²) in [6, 6.07) is 0. The van der Waals surface area contributed by atoms with Gasteiger partial charge in [-0.2, -0.15) is 0 Å². The fourth-order valence-corrected chi connectivity index (χ4v) is 13.4. The lowest BCUT2D eigenvalue weighted by Gasteiger charge is -2.47. The fraction of sp³-hybridized carbons (Fsp3) is 1.00. The molecule has 0 aromatic carbocycles. The van der Waals surface area contributed by atoms with E-state index in [1.165, 1.54) is 218 Å². The van der Waals surface area contributed by atoms with Crippen molar-refractivity contribution < 1.29 is 0 Å². The monoisotopic (exact) mass is 953 g/mol. The second-order valence-electron chi connectivity index (χ2n) is 29.2. The van der Waals surface area contributed by atoms with E-state index in [1.54, 1.807) is 0 Å². The molecule has 8 saturated carbocycles. The van der Waals surface area contributed by atoms with Crippen LogP contribution < -0.4 is 0 Å². The first-order valence-electron chi connectivity index (χ1n) is 31.9. The van der Waals surface area contributed by atoms with E-state index in [1.807, 2.05) is 0 Å². The molecule has 5 atom stereocenters. The van der Waals surface area contributed by atoms with Crippen LogP contribution in [-0.4, -0.2) is 0 Å². The highest BCUT2D eigenvalue weighted by atomic mass is 14.5. The maximum atomic E-state index is 2.42. The summed E-state index contributed by atoms with van der Waals surface area (Å²) in [6.07, 6.45) is 49.9. The van der Waals surface area contributed by atoms with Crippen molar-refractivity contribution in [2.45, 2.75) is 350 Å². The maximum Gasteiger partial charge on any atom is -0.0323 e. The predicted molar refractivity (Wildman–Crippen MR) is 313 cm³/mol. The number of rotatable bonds is 2. The van der Waals surface area contributed by atoms with Crippen LogP contribution in [0.15, 0.2) is 0 Å². The molecular weight excluding hydrogens is 817 g/mol. The molecule has 0 aliphatic heterocycles. The minimum absolute atomic E-state index is 0.571. The van der Waals surface area contributed by atoms with E-state index >= 15 is 0 Å². The minimum atomic E-state index is 0.571. The third-order valence-corrected chi connectivity index (χ3v) is 21.6. The Morgan fingerprint density at radius 3 is 0.912 bits per heavy atom. The normalized spacial score (nSPS) is 31.6. The van der Waals surface area contributed by atoms with Gasteiger partial charge in [-0.3, -0.25) is 0 Å². The smallest absolute Gasteiger partial charge is 0.0323 e. The van der Waals surface area contributed by atoms with E-state index in [-0.39, 0.29) is 0 Å². The highest BCUT2D eigenvalue weighted by Gasteiger charge is 2.40. The molecule has 3 unspecified atom stereocenters. The Kier molecular flexibility index (Phi) is 34.2. The molecule has 0 aromatic rings. The fourth-order valence-electron chi connectivity index (χ4n) is 13.4. The molecule has 0 nitrogen and oxygen atoms in total. The van der Waals surface area contributed by atoms with Gasteiger partial charge in [0.2, 0.25) is 0 Å². The van der Waals surface area contributed by atoms with Gasteiger partial charge in [0.25, 0.3) is 0 Å². The molecule has 0 N–H and O–H groups in total. The highest BCUT2D eigenvalue weighted by Crippen LogP contribution is 2.50. The zero-order valence-electron chi connectivity index (χ0n) is 51.4. The zero-order chi connectivity index (χ0) is 51.4. The summed E-state index contributed by atoms with van der Waals surface area (Å²) in [6.45, 7) is 45.3. The van der Waals surface area contributed by atoms with E-state index in [2.05, 4.69) is 132 Å². The van der Waals surface area contributed by atoms with Crippen LogP contribution in [0.2, 0.25) is 0 Å². The van der Waals surface area contributed by atoms with Crippen LogP contribution >= 0.6 is 0 Å². The van der Waals surface area contributed by atoms with Crippen LogP contribution in [0.25, 0.3) is 0 Å². The van der Waals surface area contributed by atoms with E-state index in [0.29, 0.717) is 21.7 Å². The summed E-state index contributed by atoms with van der Waals surface area (Å²) in [5, 5.41) is 0. The van der Waals surface area contributed by atoms with Gasteiger partial charge in [-0.15, -0.1) is 0 Å². The van der Waals surface area contributed by atoms with Gasteiger partial charge in [-0.05, 0) is 119 Å². The van der Waals surface area contributed by atoms with Gasteiger partial charge in [-0.25, -0.2) is 0 Å². The molecule has 408 valence electrons. The van der Waals surface area contributed by atoms with E-state index in [9.17, 15) is 0 Å². The molecule has 0 saturated heterocycles. The zero-order valence-corrected chi connectivity index (χ0v) is 51.4. The van der Waals surface area contributed by atoms with Crippen molar-refractivity contribution in [1.29, 1.82) is 0 Å². The number of hydrogen-bond donors (Lipinski definition) is 0. The van der Waals surface area contributed by atoms with Crippen molar-refractivity contribution in [3.05, 3.63) is 0 Å². The first-order chi connectivity index (χ1) is 31.9. The van der Waals surface area contributed by atoms with Crippen molar-refractivity contribution in [2.75, 3.05) is 0 Å². The van der Waals surface area contributed by atoms with E-state index in [0.717, 1.165) is 65.1 Å². The third kappa shape index (κ3) is 29.0. The second kappa shape index (κ2) is 35.2. The van der Waals surface area contributed by atoms with Gasteiger partial charge >= 0.3 is 0 Å². The first-order valence-corrected chi connectivity index (χ1v) is 31.9. The van der Waals surface area contributed by atoms with Gasteiger partial charge in [-0.1, -0.05) is 318 Å².